The van der Waals surface area contributed by atoms with Crippen LogP contribution in [0.15, 0.2) is 35.2 Å². The van der Waals surface area contributed by atoms with E-state index in [2.05, 4.69) is 9.82 Å². The van der Waals surface area contributed by atoms with Crippen LogP contribution in [0.2, 0.25) is 0 Å². The number of nitrogens with zero attached hydrogens (tertiary/aromatic N) is 2. The molecule has 2 aromatic rings. The molecule has 0 amide bonds. The second-order valence-electron chi connectivity index (χ2n) is 4.41. The van der Waals surface area contributed by atoms with Gasteiger partial charge in [-0.25, -0.2) is 21.5 Å². The van der Waals surface area contributed by atoms with E-state index in [1.54, 1.807) is 6.92 Å². The Morgan fingerprint density at radius 2 is 1.68 bits per heavy atom. The molecule has 0 fully saturated rings. The summed E-state index contributed by atoms with van der Waals surface area (Å²) in [5, 5.41) is 4.12. The van der Waals surface area contributed by atoms with Crippen LogP contribution in [0.25, 0.3) is 5.69 Å². The molecule has 0 radical (unpaired) electrons. The second kappa shape index (κ2) is 7.09. The molecule has 0 unspecified atom stereocenters. The number of hydrogen-bond acceptors (Lipinski definition) is 6. The topological polar surface area (TPSA) is 121 Å². The first-order valence-corrected chi connectivity index (χ1v) is 8.97. The summed E-state index contributed by atoms with van der Waals surface area (Å²) in [4.78, 5) is -0.368. The first-order chi connectivity index (χ1) is 9.56. The molecule has 0 aliphatic rings. The third-order valence-electron chi connectivity index (χ3n) is 2.49. The van der Waals surface area contributed by atoms with E-state index in [0.717, 1.165) is 18.4 Å². The number of aryl methyl sites for hydroxylation is 1. The Bertz CT molecular complexity index is 873. The molecule has 0 bridgehead atoms. The van der Waals surface area contributed by atoms with E-state index < -0.39 is 20.1 Å². The minimum atomic E-state index is -4.53. The van der Waals surface area contributed by atoms with Crippen molar-refractivity contribution in [2.75, 3.05) is 11.0 Å². The van der Waals surface area contributed by atoms with Gasteiger partial charge in [0.15, 0.2) is 0 Å². The summed E-state index contributed by atoms with van der Waals surface area (Å²) in [5.41, 5.74) is 0.989. The maximum Gasteiger partial charge on any atom is 1.00 e. The maximum atomic E-state index is 11.3. The van der Waals surface area contributed by atoms with Crippen LogP contribution in [0.3, 0.4) is 0 Å². The molecule has 1 heterocycles. The summed E-state index contributed by atoms with van der Waals surface area (Å²) < 4.78 is 58.8. The zero-order valence-corrected chi connectivity index (χ0v) is 16.9. The molecule has 8 nitrogen and oxygen atoms in total. The van der Waals surface area contributed by atoms with Gasteiger partial charge in [-0.2, -0.15) is 5.10 Å². The van der Waals surface area contributed by atoms with Crippen molar-refractivity contribution in [1.82, 2.24) is 9.78 Å². The Balaban J connectivity index is 0.00000242. The molecule has 0 aliphatic carbocycles. The largest absolute Gasteiger partial charge is 1.00 e. The van der Waals surface area contributed by atoms with Crippen molar-refractivity contribution in [3.05, 3.63) is 36.0 Å². The summed E-state index contributed by atoms with van der Waals surface area (Å²) in [5.74, 6) is 0.215. The van der Waals surface area contributed by atoms with Gasteiger partial charge < -0.3 is 4.55 Å². The second-order valence-corrected chi connectivity index (χ2v) is 7.53. The van der Waals surface area contributed by atoms with Gasteiger partial charge in [-0.15, -0.1) is 0 Å². The van der Waals surface area contributed by atoms with E-state index in [1.807, 2.05) is 0 Å². The summed E-state index contributed by atoms with van der Waals surface area (Å²) >= 11 is 0. The first-order valence-electron chi connectivity index (χ1n) is 5.67. The molecule has 2 rings (SSSR count). The van der Waals surface area contributed by atoms with Gasteiger partial charge in [0.05, 0.1) is 22.5 Å². The SMILES string of the molecule is Cc1cc(NS(C)(=O)=O)n(-c2ccc(S(=O)(=O)[O-])cc2)n1.[K+]. The number of aromatic nitrogens is 2. The summed E-state index contributed by atoms with van der Waals surface area (Å²) in [6.45, 7) is 1.68. The number of sulfonamides is 1. The van der Waals surface area contributed by atoms with Crippen molar-refractivity contribution in [3.63, 3.8) is 0 Å². The molecule has 1 N–H and O–H groups in total. The molecule has 0 aliphatic heterocycles. The minimum absolute atomic E-state index is 0. The van der Waals surface area contributed by atoms with Gasteiger partial charge in [-0.05, 0) is 31.2 Å². The van der Waals surface area contributed by atoms with E-state index in [9.17, 15) is 21.4 Å². The molecular weight excluding hydrogens is 357 g/mol. The molecule has 22 heavy (non-hydrogen) atoms. The van der Waals surface area contributed by atoms with E-state index in [0.29, 0.717) is 11.4 Å². The van der Waals surface area contributed by atoms with Crippen LogP contribution in [0.1, 0.15) is 5.69 Å². The van der Waals surface area contributed by atoms with Crippen LogP contribution in [-0.2, 0) is 20.1 Å². The van der Waals surface area contributed by atoms with Gasteiger partial charge in [-0.3, -0.25) is 4.72 Å². The van der Waals surface area contributed by atoms with Crippen molar-refractivity contribution in [2.45, 2.75) is 11.8 Å². The monoisotopic (exact) mass is 369 g/mol. The normalized spacial score (nSPS) is 11.8. The maximum absolute atomic E-state index is 11.3. The Morgan fingerprint density at radius 3 is 2.14 bits per heavy atom. The molecule has 0 saturated carbocycles. The smallest absolute Gasteiger partial charge is 0.744 e. The van der Waals surface area contributed by atoms with Crippen LogP contribution in [0.5, 0.6) is 0 Å². The molecular formula is C11H12KN3O5S2. The average molecular weight is 369 g/mol. The average Bonchev–Trinajstić information content (AvgIpc) is 2.67. The Morgan fingerprint density at radius 1 is 1.14 bits per heavy atom. The van der Waals surface area contributed by atoms with Crippen molar-refractivity contribution in [3.8, 4) is 5.69 Å². The van der Waals surface area contributed by atoms with Crippen LogP contribution in [0, 0.1) is 6.92 Å². The predicted molar refractivity (Wildman–Crippen MR) is 74.7 cm³/mol. The Hall–Kier alpha value is -0.274. The molecule has 0 saturated heterocycles. The summed E-state index contributed by atoms with van der Waals surface area (Å²) in [6.07, 6.45) is 1.01. The third kappa shape index (κ3) is 5.13. The molecule has 114 valence electrons. The zero-order valence-electron chi connectivity index (χ0n) is 12.1. The molecule has 0 atom stereocenters. The molecule has 11 heteroatoms. The van der Waals surface area contributed by atoms with Crippen molar-refractivity contribution < 1.29 is 72.8 Å². The number of nitrogens with one attached hydrogen (secondary N) is 1. The summed E-state index contributed by atoms with van der Waals surface area (Å²) in [7, 11) is -8.01. The van der Waals surface area contributed by atoms with E-state index in [-0.39, 0.29) is 62.1 Å². The Kier molecular flexibility index (Phi) is 6.37. The third-order valence-corrected chi connectivity index (χ3v) is 3.92. The van der Waals surface area contributed by atoms with Crippen molar-refractivity contribution in [2.24, 2.45) is 0 Å². The van der Waals surface area contributed by atoms with Gasteiger partial charge in [0.25, 0.3) is 0 Å². The Labute approximate surface area is 171 Å². The standard InChI is InChI=1S/C11H13N3O5S2.K/c1-8-7-11(13-20(2,15)16)14(12-8)9-3-5-10(6-4-9)21(17,18)19;/h3-7,13H,1-2H3,(H,17,18,19);/q;+1/p-1. The molecule has 1 aromatic heterocycles. The van der Waals surface area contributed by atoms with Crippen LogP contribution in [0.4, 0.5) is 5.82 Å². The fourth-order valence-corrected chi connectivity index (χ4v) is 2.71. The minimum Gasteiger partial charge on any atom is -0.744 e. The van der Waals surface area contributed by atoms with Crippen molar-refractivity contribution >= 4 is 26.0 Å². The fourth-order valence-electron chi connectivity index (χ4n) is 1.71. The molecule has 1 aromatic carbocycles. The van der Waals surface area contributed by atoms with E-state index >= 15 is 0 Å². The number of rotatable bonds is 4. The van der Waals surface area contributed by atoms with Crippen LogP contribution in [-0.4, -0.2) is 37.4 Å². The van der Waals surface area contributed by atoms with Gasteiger partial charge >= 0.3 is 51.4 Å². The predicted octanol–water partition coefficient (Wildman–Crippen LogP) is -2.54. The van der Waals surface area contributed by atoms with E-state index in [4.69, 9.17) is 0 Å². The van der Waals surface area contributed by atoms with Gasteiger partial charge in [-0.1, -0.05) is 0 Å². The summed E-state index contributed by atoms with van der Waals surface area (Å²) in [6, 6.07) is 6.53. The zero-order chi connectivity index (χ0) is 15.8. The van der Waals surface area contributed by atoms with Gasteiger partial charge in [0.1, 0.15) is 15.9 Å². The van der Waals surface area contributed by atoms with Crippen molar-refractivity contribution in [1.29, 1.82) is 0 Å². The van der Waals surface area contributed by atoms with Crippen LogP contribution >= 0.6 is 0 Å². The van der Waals surface area contributed by atoms with Crippen LogP contribution < -0.4 is 56.1 Å². The van der Waals surface area contributed by atoms with Gasteiger partial charge in [0.2, 0.25) is 10.0 Å². The number of benzene rings is 1. The number of anilines is 1. The van der Waals surface area contributed by atoms with Gasteiger partial charge in [0, 0.05) is 6.07 Å². The quantitative estimate of drug-likeness (QED) is 0.468. The number of hydrogen-bond donors (Lipinski definition) is 1. The molecule has 0 spiro atoms. The first kappa shape index (κ1) is 19.8. The van der Waals surface area contributed by atoms with E-state index in [1.165, 1.54) is 22.9 Å². The fraction of sp³-hybridized carbons (Fsp3) is 0.182.